The summed E-state index contributed by atoms with van der Waals surface area (Å²) in [6.45, 7) is 4.06. The van der Waals surface area contributed by atoms with E-state index >= 15 is 0 Å². The average Bonchev–Trinajstić information content (AvgIpc) is 3.52. The number of benzene rings is 1. The van der Waals surface area contributed by atoms with Crippen LogP contribution < -0.4 is 0 Å². The van der Waals surface area contributed by atoms with Crippen LogP contribution in [-0.4, -0.2) is 23.3 Å². The third-order valence-electron chi connectivity index (χ3n) is 4.62. The maximum absolute atomic E-state index is 11.8. The molecule has 5 heteroatoms. The molecule has 0 fully saturated rings. The molecule has 0 N–H and O–H groups in total. The van der Waals surface area contributed by atoms with Gasteiger partial charge in [-0.2, -0.15) is 36.4 Å². The Bertz CT molecular complexity index is 912. The summed E-state index contributed by atoms with van der Waals surface area (Å²) in [7, 11) is 0. The van der Waals surface area contributed by atoms with Crippen LogP contribution in [0, 0.1) is 0 Å². The van der Waals surface area contributed by atoms with E-state index in [1.54, 1.807) is 6.92 Å². The molecule has 0 aliphatic carbocycles. The minimum Gasteiger partial charge on any atom is -0.463 e. The summed E-state index contributed by atoms with van der Waals surface area (Å²) in [5.41, 5.74) is 4.12. The van der Waals surface area contributed by atoms with Crippen LogP contribution in [-0.2, 0) is 26.6 Å². The van der Waals surface area contributed by atoms with Gasteiger partial charge in [0.05, 0.1) is 12.6 Å². The van der Waals surface area contributed by atoms with E-state index in [0.717, 1.165) is 23.4 Å². The van der Waals surface area contributed by atoms with Gasteiger partial charge in [0.1, 0.15) is 0 Å². The van der Waals surface area contributed by atoms with E-state index in [1.165, 1.54) is 11.6 Å². The van der Waals surface area contributed by atoms with Crippen molar-refractivity contribution >= 4 is 11.7 Å². The summed E-state index contributed by atoms with van der Waals surface area (Å²) >= 11 is 0. The first kappa shape index (κ1) is 23.4. The van der Waals surface area contributed by atoms with Crippen molar-refractivity contribution in [3.63, 3.8) is 0 Å². The number of hydrogen-bond donors (Lipinski definition) is 0. The number of ether oxygens (including phenoxy) is 1. The van der Waals surface area contributed by atoms with Gasteiger partial charge in [-0.3, -0.25) is 5.01 Å². The van der Waals surface area contributed by atoms with Crippen LogP contribution in [0.15, 0.2) is 102 Å². The van der Waals surface area contributed by atoms with Crippen molar-refractivity contribution in [3.05, 3.63) is 108 Å². The second kappa shape index (κ2) is 12.0. The van der Waals surface area contributed by atoms with Gasteiger partial charge in [0.2, 0.25) is 0 Å². The molecule has 1 heterocycles. The molecule has 4 nitrogen and oxygen atoms in total. The molecule has 3 aromatic rings. The zero-order valence-corrected chi connectivity index (χ0v) is 18.3. The second-order valence-electron chi connectivity index (χ2n) is 6.70. The van der Waals surface area contributed by atoms with Crippen LogP contribution >= 0.6 is 0 Å². The van der Waals surface area contributed by atoms with Crippen molar-refractivity contribution in [2.24, 2.45) is 5.10 Å². The van der Waals surface area contributed by atoms with Crippen molar-refractivity contribution in [3.8, 4) is 0 Å². The molecule has 1 unspecified atom stereocenters. The normalized spacial score (nSPS) is 15.5. The molecule has 0 aromatic heterocycles. The van der Waals surface area contributed by atoms with Gasteiger partial charge >= 0.3 is 23.0 Å². The van der Waals surface area contributed by atoms with E-state index in [0.29, 0.717) is 6.61 Å². The number of esters is 1. The molecular weight excluding hydrogens is 416 g/mol. The Balaban J connectivity index is 0.000000468. The van der Waals surface area contributed by atoms with E-state index in [1.807, 2.05) is 72.6 Å². The van der Waals surface area contributed by atoms with Crippen molar-refractivity contribution in [2.75, 3.05) is 6.61 Å². The van der Waals surface area contributed by atoms with Crippen LogP contribution in [0.3, 0.4) is 0 Å². The number of hydrogen-bond acceptors (Lipinski definition) is 4. The summed E-state index contributed by atoms with van der Waals surface area (Å²) < 4.78 is 5.02. The van der Waals surface area contributed by atoms with Crippen molar-refractivity contribution < 1.29 is 26.6 Å². The molecule has 4 rings (SSSR count). The molecular formula is C25H26FeN2O2. The van der Waals surface area contributed by atoms with Crippen molar-refractivity contribution in [1.82, 2.24) is 5.01 Å². The Labute approximate surface area is 189 Å². The zero-order chi connectivity index (χ0) is 20.5. The van der Waals surface area contributed by atoms with Crippen LogP contribution in [0.25, 0.3) is 0 Å². The average molecular weight is 442 g/mol. The van der Waals surface area contributed by atoms with Crippen LogP contribution in [0.5, 0.6) is 0 Å². The predicted octanol–water partition coefficient (Wildman–Crippen LogP) is 5.43. The topological polar surface area (TPSA) is 41.9 Å². The monoisotopic (exact) mass is 442 g/mol. The fraction of sp³-hybridized carbons (Fsp3) is 0.200. The number of carbonyl (C=O) groups is 1. The summed E-state index contributed by atoms with van der Waals surface area (Å²) in [6, 6.07) is 28.5. The van der Waals surface area contributed by atoms with E-state index in [2.05, 4.69) is 24.3 Å². The summed E-state index contributed by atoms with van der Waals surface area (Å²) in [5.74, 6) is -0.334. The Morgan fingerprint density at radius 1 is 1.13 bits per heavy atom. The standard InChI is InChI=1S/C20H21N2O2.C5H5.Fe/c1-3-24-20(23)13-15(2)22-19(17-11-5-4-6-12-17)14-18(21-22)16-9-7-8-10-16;1-2-4-5-3-1;/h4-13,19H,3,14H2,1-2H3;1-5H;/q2*-1;+2. The van der Waals surface area contributed by atoms with Gasteiger partial charge < -0.3 is 4.74 Å². The summed E-state index contributed by atoms with van der Waals surface area (Å²) in [4.78, 5) is 11.8. The number of rotatable bonds is 5. The fourth-order valence-corrected chi connectivity index (χ4v) is 3.25. The molecule has 3 aromatic carbocycles. The number of allylic oxidation sites excluding steroid dienone is 1. The Kier molecular flexibility index (Phi) is 9.33. The van der Waals surface area contributed by atoms with Crippen LogP contribution in [0.4, 0.5) is 0 Å². The molecule has 0 bridgehead atoms. The largest absolute Gasteiger partial charge is 2.00 e. The molecule has 0 amide bonds. The van der Waals surface area contributed by atoms with Crippen LogP contribution in [0.1, 0.15) is 37.4 Å². The third-order valence-corrected chi connectivity index (χ3v) is 4.62. The summed E-state index contributed by atoms with van der Waals surface area (Å²) in [5, 5.41) is 6.70. The van der Waals surface area contributed by atoms with E-state index in [4.69, 9.17) is 9.84 Å². The first-order valence-corrected chi connectivity index (χ1v) is 9.84. The van der Waals surface area contributed by atoms with Gasteiger partial charge in [0.15, 0.2) is 0 Å². The zero-order valence-electron chi connectivity index (χ0n) is 17.2. The minimum atomic E-state index is -0.334. The molecule has 0 spiro atoms. The molecule has 1 atom stereocenters. The SMILES string of the molecule is CCOC(=O)C=C(C)N1N=C(c2ccc[cH-]2)CC1c1ccccc1.[Fe+2].c1cc[cH-]c1. The van der Waals surface area contributed by atoms with Crippen LogP contribution in [0.2, 0.25) is 0 Å². The molecule has 0 saturated carbocycles. The minimum absolute atomic E-state index is 0. The van der Waals surface area contributed by atoms with E-state index < -0.39 is 0 Å². The Morgan fingerprint density at radius 3 is 2.43 bits per heavy atom. The third kappa shape index (κ3) is 6.31. The number of carbonyl (C=O) groups excluding carboxylic acids is 1. The molecule has 30 heavy (non-hydrogen) atoms. The van der Waals surface area contributed by atoms with Gasteiger partial charge in [0.25, 0.3) is 0 Å². The maximum Gasteiger partial charge on any atom is 2.00 e. The molecule has 0 radical (unpaired) electrons. The molecule has 0 saturated heterocycles. The van der Waals surface area contributed by atoms with Gasteiger partial charge in [-0.25, -0.2) is 22.0 Å². The van der Waals surface area contributed by atoms with Crippen molar-refractivity contribution in [1.29, 1.82) is 0 Å². The van der Waals surface area contributed by atoms with E-state index in [-0.39, 0.29) is 29.1 Å². The molecule has 156 valence electrons. The molecule has 1 aliphatic heterocycles. The Hall–Kier alpha value is -2.88. The fourth-order valence-electron chi connectivity index (χ4n) is 3.25. The number of nitrogens with zero attached hydrogens (tertiary/aromatic N) is 2. The first-order valence-electron chi connectivity index (χ1n) is 9.84. The Morgan fingerprint density at radius 2 is 1.87 bits per heavy atom. The first-order chi connectivity index (χ1) is 14.2. The van der Waals surface area contributed by atoms with E-state index in [9.17, 15) is 4.79 Å². The van der Waals surface area contributed by atoms with Gasteiger partial charge in [-0.15, -0.1) is 11.6 Å². The quantitative estimate of drug-likeness (QED) is 0.229. The smallest absolute Gasteiger partial charge is 0.463 e. The predicted molar refractivity (Wildman–Crippen MR) is 117 cm³/mol. The maximum atomic E-state index is 11.8. The van der Waals surface area contributed by atoms with Crippen molar-refractivity contribution in [2.45, 2.75) is 26.3 Å². The number of hydrazone groups is 1. The second-order valence-corrected chi connectivity index (χ2v) is 6.70. The van der Waals surface area contributed by atoms with Gasteiger partial charge in [-0.1, -0.05) is 30.3 Å². The molecule has 1 aliphatic rings. The summed E-state index contributed by atoms with van der Waals surface area (Å²) in [6.07, 6.45) is 2.32. The van der Waals surface area contributed by atoms with Gasteiger partial charge in [0, 0.05) is 11.8 Å². The van der Waals surface area contributed by atoms with Gasteiger partial charge in [-0.05, 0) is 31.5 Å².